The molecular formula is C24H25N3OS2. The van der Waals surface area contributed by atoms with Gasteiger partial charge in [0.1, 0.15) is 5.82 Å². The van der Waals surface area contributed by atoms with Crippen LogP contribution < -0.4 is 10.6 Å². The number of nitrogens with two attached hydrogens (primary N) is 1. The number of Topliss-reactive ketones (excluding diaryl/α,β-unsaturated/α-hetero) is 1. The first-order valence-electron chi connectivity index (χ1n) is 10.2. The van der Waals surface area contributed by atoms with E-state index in [2.05, 4.69) is 38.1 Å². The standard InChI is InChI=1S/C24H25N3OS2/c1-4-15-8-10-16(11-9-15)27-19-6-5-7-20(28)22(19)21(18(13-25)23(27)26)17-12-14(2)30-24(17)29-3/h8-12,21H,4-7,26H2,1-3H3. The van der Waals surface area contributed by atoms with Crippen molar-refractivity contribution >= 4 is 34.6 Å². The average Bonchev–Trinajstić information content (AvgIpc) is 3.13. The Labute approximate surface area is 186 Å². The fourth-order valence-corrected chi connectivity index (χ4v) is 6.36. The van der Waals surface area contributed by atoms with Crippen molar-refractivity contribution < 1.29 is 4.79 Å². The minimum absolute atomic E-state index is 0.132. The maximum absolute atomic E-state index is 13.2. The molecule has 0 saturated carbocycles. The lowest BCUT2D eigenvalue weighted by Crippen LogP contribution is -2.38. The molecular weight excluding hydrogens is 410 g/mol. The Morgan fingerprint density at radius 3 is 2.67 bits per heavy atom. The molecule has 1 aliphatic heterocycles. The van der Waals surface area contributed by atoms with E-state index in [1.54, 1.807) is 23.1 Å². The van der Waals surface area contributed by atoms with Gasteiger partial charge in [-0.1, -0.05) is 19.1 Å². The number of hydrogen-bond donors (Lipinski definition) is 1. The highest BCUT2D eigenvalue weighted by Crippen LogP contribution is 2.49. The van der Waals surface area contributed by atoms with Crippen LogP contribution >= 0.6 is 23.1 Å². The number of nitrogens with zero attached hydrogens (tertiary/aromatic N) is 2. The van der Waals surface area contributed by atoms with Gasteiger partial charge in [0.05, 0.1) is 21.8 Å². The summed E-state index contributed by atoms with van der Waals surface area (Å²) in [5.41, 5.74) is 12.0. The normalized spacial score (nSPS) is 19.2. The van der Waals surface area contributed by atoms with Gasteiger partial charge in [-0.05, 0) is 61.8 Å². The van der Waals surface area contributed by atoms with E-state index in [0.29, 0.717) is 17.8 Å². The number of thiophene rings is 1. The summed E-state index contributed by atoms with van der Waals surface area (Å²) in [5.74, 6) is 0.194. The van der Waals surface area contributed by atoms with E-state index in [1.807, 2.05) is 23.3 Å². The molecule has 2 aliphatic rings. The number of carbonyl (C=O) groups is 1. The highest BCUT2D eigenvalue weighted by Gasteiger charge is 2.41. The van der Waals surface area contributed by atoms with Crippen LogP contribution in [0.15, 0.2) is 57.2 Å². The van der Waals surface area contributed by atoms with Crippen LogP contribution in [0.1, 0.15) is 48.1 Å². The molecule has 4 rings (SSSR count). The van der Waals surface area contributed by atoms with Gasteiger partial charge in [-0.15, -0.1) is 23.1 Å². The number of aryl methyl sites for hydroxylation is 2. The van der Waals surface area contributed by atoms with E-state index in [9.17, 15) is 10.1 Å². The highest BCUT2D eigenvalue weighted by molar-refractivity contribution is 8.00. The number of rotatable bonds is 4. The van der Waals surface area contributed by atoms with E-state index in [0.717, 1.165) is 46.0 Å². The number of hydrogen-bond acceptors (Lipinski definition) is 6. The molecule has 2 N–H and O–H groups in total. The molecule has 6 heteroatoms. The van der Waals surface area contributed by atoms with E-state index < -0.39 is 0 Å². The van der Waals surface area contributed by atoms with Crippen LogP contribution in [0.5, 0.6) is 0 Å². The van der Waals surface area contributed by atoms with Crippen molar-refractivity contribution in [2.75, 3.05) is 11.2 Å². The van der Waals surface area contributed by atoms with Gasteiger partial charge < -0.3 is 5.73 Å². The molecule has 30 heavy (non-hydrogen) atoms. The Balaban J connectivity index is 1.95. The molecule has 154 valence electrons. The van der Waals surface area contributed by atoms with Gasteiger partial charge in [-0.3, -0.25) is 9.69 Å². The summed E-state index contributed by atoms with van der Waals surface area (Å²) >= 11 is 3.37. The lowest BCUT2D eigenvalue weighted by Gasteiger charge is -2.39. The lowest BCUT2D eigenvalue weighted by molar-refractivity contribution is -0.116. The molecule has 4 nitrogen and oxygen atoms in total. The maximum atomic E-state index is 13.2. The first-order chi connectivity index (χ1) is 14.5. The summed E-state index contributed by atoms with van der Waals surface area (Å²) in [4.78, 5) is 16.3. The van der Waals surface area contributed by atoms with Gasteiger partial charge >= 0.3 is 0 Å². The fourth-order valence-electron chi connectivity index (χ4n) is 4.45. The zero-order chi connectivity index (χ0) is 21.4. The van der Waals surface area contributed by atoms with Crippen molar-refractivity contribution in [2.24, 2.45) is 5.73 Å². The van der Waals surface area contributed by atoms with Gasteiger partial charge in [0, 0.05) is 28.3 Å². The number of benzene rings is 1. The molecule has 1 aliphatic carbocycles. The quantitative estimate of drug-likeness (QED) is 0.629. The van der Waals surface area contributed by atoms with Gasteiger partial charge in [0.15, 0.2) is 5.78 Å². The van der Waals surface area contributed by atoms with E-state index in [-0.39, 0.29) is 11.7 Å². The molecule has 0 saturated heterocycles. The summed E-state index contributed by atoms with van der Waals surface area (Å²) < 4.78 is 1.14. The van der Waals surface area contributed by atoms with Crippen LogP contribution in [0, 0.1) is 18.3 Å². The summed E-state index contributed by atoms with van der Waals surface area (Å²) in [5, 5.41) is 10.1. The Hall–Kier alpha value is -2.49. The fraction of sp³-hybridized carbons (Fsp3) is 0.333. The number of thioether (sulfide) groups is 1. The predicted octanol–water partition coefficient (Wildman–Crippen LogP) is 5.65. The summed E-state index contributed by atoms with van der Waals surface area (Å²) in [7, 11) is 0. The second-order valence-electron chi connectivity index (χ2n) is 7.64. The van der Waals surface area contributed by atoms with Crippen molar-refractivity contribution in [3.63, 3.8) is 0 Å². The second kappa shape index (κ2) is 8.33. The largest absolute Gasteiger partial charge is 0.384 e. The van der Waals surface area contributed by atoms with Crippen molar-refractivity contribution in [2.45, 2.75) is 49.7 Å². The Morgan fingerprint density at radius 2 is 2.03 bits per heavy atom. The van der Waals surface area contributed by atoms with Gasteiger partial charge in [-0.2, -0.15) is 5.26 Å². The van der Waals surface area contributed by atoms with Gasteiger partial charge in [0.2, 0.25) is 0 Å². The number of allylic oxidation sites excluding steroid dienone is 3. The first-order valence-corrected chi connectivity index (χ1v) is 12.2. The van der Waals surface area contributed by atoms with Crippen LogP contribution in [-0.4, -0.2) is 12.0 Å². The molecule has 0 fully saturated rings. The first kappa shape index (κ1) is 20.8. The molecule has 0 bridgehead atoms. The van der Waals surface area contributed by atoms with Crippen molar-refractivity contribution in [1.82, 2.24) is 0 Å². The van der Waals surface area contributed by atoms with Crippen molar-refractivity contribution in [1.29, 1.82) is 5.26 Å². The molecule has 0 amide bonds. The summed E-state index contributed by atoms with van der Waals surface area (Å²) in [6.45, 7) is 4.19. The maximum Gasteiger partial charge on any atom is 0.161 e. The zero-order valence-corrected chi connectivity index (χ0v) is 19.1. The van der Waals surface area contributed by atoms with Gasteiger partial charge in [-0.25, -0.2) is 0 Å². The number of nitriles is 1. The minimum Gasteiger partial charge on any atom is -0.384 e. The third-order valence-electron chi connectivity index (χ3n) is 5.86. The number of carbonyl (C=O) groups excluding carboxylic acids is 1. The Morgan fingerprint density at radius 1 is 1.30 bits per heavy atom. The topological polar surface area (TPSA) is 70.1 Å². The number of ketones is 1. The smallest absolute Gasteiger partial charge is 0.161 e. The van der Waals surface area contributed by atoms with Gasteiger partial charge in [0.25, 0.3) is 0 Å². The zero-order valence-electron chi connectivity index (χ0n) is 17.5. The highest BCUT2D eigenvalue weighted by atomic mass is 32.2. The lowest BCUT2D eigenvalue weighted by atomic mass is 9.76. The van der Waals surface area contributed by atoms with Crippen LogP contribution in [0.2, 0.25) is 0 Å². The molecule has 0 spiro atoms. The molecule has 2 heterocycles. The molecule has 1 unspecified atom stereocenters. The van der Waals surface area contributed by atoms with E-state index >= 15 is 0 Å². The summed E-state index contributed by atoms with van der Waals surface area (Å²) in [6, 6.07) is 12.7. The average molecular weight is 436 g/mol. The van der Waals surface area contributed by atoms with Crippen LogP contribution in [-0.2, 0) is 11.2 Å². The molecule has 1 atom stereocenters. The molecule has 1 aromatic heterocycles. The third-order valence-corrected chi connectivity index (χ3v) is 8.08. The van der Waals surface area contributed by atoms with E-state index in [4.69, 9.17) is 5.73 Å². The molecule has 2 aromatic rings. The summed E-state index contributed by atoms with van der Waals surface area (Å²) in [6.07, 6.45) is 5.11. The van der Waals surface area contributed by atoms with Crippen LogP contribution in [0.25, 0.3) is 0 Å². The molecule has 0 radical (unpaired) electrons. The Bertz CT molecular complexity index is 1100. The Kier molecular flexibility index (Phi) is 5.77. The second-order valence-corrected chi connectivity index (χ2v) is 9.97. The van der Waals surface area contributed by atoms with E-state index in [1.165, 1.54) is 10.4 Å². The van der Waals surface area contributed by atoms with Crippen molar-refractivity contribution in [3.8, 4) is 6.07 Å². The molecule has 1 aromatic carbocycles. The third kappa shape index (κ3) is 3.36. The monoisotopic (exact) mass is 435 g/mol. The van der Waals surface area contributed by atoms with Crippen molar-refractivity contribution in [3.05, 3.63) is 69.0 Å². The SMILES string of the molecule is CCc1ccc(N2C(N)=C(C#N)C(c3cc(C)sc3SC)C3=C2CCCC3=O)cc1. The van der Waals surface area contributed by atoms with Crippen LogP contribution in [0.4, 0.5) is 5.69 Å². The van der Waals surface area contributed by atoms with Crippen LogP contribution in [0.3, 0.4) is 0 Å². The number of anilines is 1. The minimum atomic E-state index is -0.378. The predicted molar refractivity (Wildman–Crippen MR) is 125 cm³/mol.